The molecule has 0 aromatic carbocycles. The maximum absolute atomic E-state index is 5.48. The highest BCUT2D eigenvalue weighted by Gasteiger charge is 1.97. The van der Waals surface area contributed by atoms with E-state index in [1.807, 2.05) is 0 Å². The maximum Gasteiger partial charge on any atom is 0.188 e. The van der Waals surface area contributed by atoms with Crippen molar-refractivity contribution in [2.24, 2.45) is 10.7 Å². The molecule has 0 radical (unpaired) electrons. The number of ether oxygens (including phenoxy) is 1. The monoisotopic (exact) mass is 330 g/mol. The molecule has 6 heteroatoms. The zero-order chi connectivity index (χ0) is 10.8. The molecule has 0 rings (SSSR count). The standard InChI is InChI=1S/C9H22N4O.HI/c1-11-9(10)12-5-4-6-13(2)7-8-14-3;/h4-8H2,1-3H3,(H3,10,11,12);1H. The van der Waals surface area contributed by atoms with Gasteiger partial charge < -0.3 is 20.7 Å². The van der Waals surface area contributed by atoms with Crippen LogP contribution in [-0.4, -0.2) is 58.3 Å². The summed E-state index contributed by atoms with van der Waals surface area (Å²) in [6, 6.07) is 0. The number of nitrogens with zero attached hydrogens (tertiary/aromatic N) is 2. The third-order valence-corrected chi connectivity index (χ3v) is 1.94. The number of nitrogens with one attached hydrogen (secondary N) is 1. The third kappa shape index (κ3) is 11.8. The van der Waals surface area contributed by atoms with Gasteiger partial charge in [0.2, 0.25) is 0 Å². The van der Waals surface area contributed by atoms with E-state index in [9.17, 15) is 0 Å². The first-order valence-electron chi connectivity index (χ1n) is 4.84. The van der Waals surface area contributed by atoms with Crippen molar-refractivity contribution in [1.29, 1.82) is 0 Å². The number of nitrogens with two attached hydrogens (primary N) is 1. The smallest absolute Gasteiger partial charge is 0.188 e. The Hall–Kier alpha value is -0.0800. The average molecular weight is 330 g/mol. The molecular formula is C9H23IN4O. The van der Waals surface area contributed by atoms with Crippen molar-refractivity contribution >= 4 is 29.9 Å². The van der Waals surface area contributed by atoms with Gasteiger partial charge in [-0.3, -0.25) is 4.99 Å². The van der Waals surface area contributed by atoms with Gasteiger partial charge >= 0.3 is 0 Å². The summed E-state index contributed by atoms with van der Waals surface area (Å²) < 4.78 is 4.98. The molecule has 0 spiro atoms. The van der Waals surface area contributed by atoms with Crippen LogP contribution in [0.4, 0.5) is 0 Å². The van der Waals surface area contributed by atoms with Crippen LogP contribution in [0.5, 0.6) is 0 Å². The molecule has 0 aromatic rings. The molecule has 0 aliphatic carbocycles. The summed E-state index contributed by atoms with van der Waals surface area (Å²) in [4.78, 5) is 6.03. The van der Waals surface area contributed by atoms with E-state index >= 15 is 0 Å². The lowest BCUT2D eigenvalue weighted by Gasteiger charge is -2.15. The van der Waals surface area contributed by atoms with E-state index in [2.05, 4.69) is 22.3 Å². The summed E-state index contributed by atoms with van der Waals surface area (Å²) in [7, 11) is 5.47. The zero-order valence-electron chi connectivity index (χ0n) is 9.82. The Morgan fingerprint density at radius 1 is 1.47 bits per heavy atom. The third-order valence-electron chi connectivity index (χ3n) is 1.94. The van der Waals surface area contributed by atoms with Crippen molar-refractivity contribution in [3.05, 3.63) is 0 Å². The summed E-state index contributed by atoms with van der Waals surface area (Å²) in [5.41, 5.74) is 5.48. The molecule has 5 nitrogen and oxygen atoms in total. The molecule has 0 bridgehead atoms. The zero-order valence-corrected chi connectivity index (χ0v) is 12.2. The minimum Gasteiger partial charge on any atom is -0.383 e. The highest BCUT2D eigenvalue weighted by Crippen LogP contribution is 1.86. The van der Waals surface area contributed by atoms with Crippen LogP contribution in [0.25, 0.3) is 0 Å². The van der Waals surface area contributed by atoms with Gasteiger partial charge in [-0.05, 0) is 20.0 Å². The van der Waals surface area contributed by atoms with E-state index in [0.717, 1.165) is 32.7 Å². The number of methoxy groups -OCH3 is 1. The summed E-state index contributed by atoms with van der Waals surface area (Å²) in [5, 5.41) is 3.01. The number of hydrogen-bond acceptors (Lipinski definition) is 3. The molecule has 15 heavy (non-hydrogen) atoms. The predicted molar refractivity (Wildman–Crippen MR) is 75.0 cm³/mol. The van der Waals surface area contributed by atoms with Crippen LogP contribution < -0.4 is 11.1 Å². The van der Waals surface area contributed by atoms with Gasteiger partial charge in [0.25, 0.3) is 0 Å². The van der Waals surface area contributed by atoms with E-state index in [-0.39, 0.29) is 24.0 Å². The van der Waals surface area contributed by atoms with Crippen molar-refractivity contribution in [1.82, 2.24) is 10.2 Å². The molecule has 92 valence electrons. The molecular weight excluding hydrogens is 307 g/mol. The lowest BCUT2D eigenvalue weighted by Crippen LogP contribution is -2.34. The number of likely N-dealkylation sites (N-methyl/N-ethyl adjacent to an activating group) is 1. The topological polar surface area (TPSA) is 62.9 Å². The molecule has 0 amide bonds. The van der Waals surface area contributed by atoms with Crippen LogP contribution in [0.3, 0.4) is 0 Å². The Balaban J connectivity index is 0. The Morgan fingerprint density at radius 3 is 2.67 bits per heavy atom. The first-order chi connectivity index (χ1) is 6.70. The second kappa shape index (κ2) is 12.0. The van der Waals surface area contributed by atoms with Crippen molar-refractivity contribution in [3.63, 3.8) is 0 Å². The first-order valence-corrected chi connectivity index (χ1v) is 4.84. The molecule has 0 fully saturated rings. The van der Waals surface area contributed by atoms with Crippen LogP contribution >= 0.6 is 24.0 Å². The minimum atomic E-state index is 0. The fourth-order valence-electron chi connectivity index (χ4n) is 1.00. The van der Waals surface area contributed by atoms with Crippen molar-refractivity contribution in [2.45, 2.75) is 6.42 Å². The second-order valence-corrected chi connectivity index (χ2v) is 3.19. The Bertz CT molecular complexity index is 166. The Labute approximate surface area is 109 Å². The van der Waals surface area contributed by atoms with Crippen molar-refractivity contribution in [3.8, 4) is 0 Å². The Kier molecular flexibility index (Phi) is 13.8. The molecule has 0 unspecified atom stereocenters. The number of hydrogen-bond donors (Lipinski definition) is 2. The molecule has 3 N–H and O–H groups in total. The summed E-state index contributed by atoms with van der Waals surface area (Å²) in [6.07, 6.45) is 1.05. The van der Waals surface area contributed by atoms with E-state index in [4.69, 9.17) is 10.5 Å². The van der Waals surface area contributed by atoms with E-state index in [0.29, 0.717) is 5.96 Å². The number of aliphatic imine (C=N–C) groups is 1. The van der Waals surface area contributed by atoms with Gasteiger partial charge in [0, 0.05) is 27.2 Å². The van der Waals surface area contributed by atoms with Gasteiger partial charge in [0.15, 0.2) is 5.96 Å². The van der Waals surface area contributed by atoms with E-state index < -0.39 is 0 Å². The van der Waals surface area contributed by atoms with Gasteiger partial charge in [0.05, 0.1) is 6.61 Å². The summed E-state index contributed by atoms with van der Waals surface area (Å²) in [5.74, 6) is 0.504. The molecule has 0 atom stereocenters. The quantitative estimate of drug-likeness (QED) is 0.301. The average Bonchev–Trinajstić information content (AvgIpc) is 2.21. The molecule has 0 aromatic heterocycles. The van der Waals surface area contributed by atoms with Crippen molar-refractivity contribution in [2.75, 3.05) is 47.4 Å². The maximum atomic E-state index is 5.48. The molecule has 0 aliphatic heterocycles. The van der Waals surface area contributed by atoms with Gasteiger partial charge in [-0.15, -0.1) is 24.0 Å². The molecule has 0 saturated carbocycles. The SMILES string of the molecule is CN=C(N)NCCCN(C)CCOC.I. The largest absolute Gasteiger partial charge is 0.383 e. The first kappa shape index (κ1) is 17.3. The summed E-state index contributed by atoms with van der Waals surface area (Å²) in [6.45, 7) is 3.64. The van der Waals surface area contributed by atoms with Crippen LogP contribution in [0, 0.1) is 0 Å². The van der Waals surface area contributed by atoms with Crippen LogP contribution in [0.15, 0.2) is 4.99 Å². The highest BCUT2D eigenvalue weighted by atomic mass is 127. The second-order valence-electron chi connectivity index (χ2n) is 3.19. The van der Waals surface area contributed by atoms with Gasteiger partial charge in [-0.25, -0.2) is 0 Å². The number of guanidine groups is 1. The minimum absolute atomic E-state index is 0. The van der Waals surface area contributed by atoms with E-state index in [1.54, 1.807) is 14.2 Å². The van der Waals surface area contributed by atoms with Crippen LogP contribution in [0.1, 0.15) is 6.42 Å². The lowest BCUT2D eigenvalue weighted by molar-refractivity contribution is 0.161. The summed E-state index contributed by atoms with van der Waals surface area (Å²) >= 11 is 0. The van der Waals surface area contributed by atoms with Gasteiger partial charge in [0.1, 0.15) is 0 Å². The number of halogens is 1. The lowest BCUT2D eigenvalue weighted by atomic mass is 10.4. The fourth-order valence-corrected chi connectivity index (χ4v) is 1.00. The number of rotatable bonds is 7. The molecule has 0 aliphatic rings. The normalized spacial score (nSPS) is 11.3. The fraction of sp³-hybridized carbons (Fsp3) is 0.889. The van der Waals surface area contributed by atoms with E-state index in [1.165, 1.54) is 0 Å². The van der Waals surface area contributed by atoms with Crippen LogP contribution in [-0.2, 0) is 4.74 Å². The predicted octanol–water partition coefficient (Wildman–Crippen LogP) is 0.107. The van der Waals surface area contributed by atoms with Crippen LogP contribution in [0.2, 0.25) is 0 Å². The van der Waals surface area contributed by atoms with Gasteiger partial charge in [-0.2, -0.15) is 0 Å². The molecule has 0 saturated heterocycles. The molecule has 0 heterocycles. The Morgan fingerprint density at radius 2 is 2.13 bits per heavy atom. The van der Waals surface area contributed by atoms with Crippen molar-refractivity contribution < 1.29 is 4.74 Å². The highest BCUT2D eigenvalue weighted by molar-refractivity contribution is 14.0. The van der Waals surface area contributed by atoms with Gasteiger partial charge in [-0.1, -0.05) is 0 Å².